The number of rotatable bonds is 29. The van der Waals surface area contributed by atoms with E-state index in [-0.39, 0.29) is 106 Å². The Kier molecular flexibility index (Phi) is 26.1. The molecule has 0 aromatic rings. The fourth-order valence-electron chi connectivity index (χ4n) is 4.28. The number of ketones is 4. The first-order chi connectivity index (χ1) is 21.5. The molecule has 10 nitrogen and oxygen atoms in total. The molecule has 1 amide bonds. The van der Waals surface area contributed by atoms with Crippen molar-refractivity contribution in [3.05, 3.63) is 0 Å². The molecule has 0 aromatic heterocycles. The van der Waals surface area contributed by atoms with Crippen LogP contribution in [0.4, 0.5) is 0 Å². The Morgan fingerprint density at radius 1 is 0.778 bits per heavy atom. The van der Waals surface area contributed by atoms with E-state index in [2.05, 4.69) is 5.32 Å². The zero-order valence-corrected chi connectivity index (χ0v) is 28.1. The van der Waals surface area contributed by atoms with Gasteiger partial charge in [0.1, 0.15) is 6.61 Å². The van der Waals surface area contributed by atoms with Crippen LogP contribution >= 0.6 is 8.73 Å². The van der Waals surface area contributed by atoms with E-state index in [9.17, 15) is 24.0 Å². The molecule has 0 saturated heterocycles. The van der Waals surface area contributed by atoms with Gasteiger partial charge in [-0.05, 0) is 6.92 Å². The summed E-state index contributed by atoms with van der Waals surface area (Å²) >= 11 is 0. The molecule has 0 heterocycles. The monoisotopic (exact) mass is 637 g/mol. The first kappa shape index (κ1) is 43.8. The maximum atomic E-state index is 13.4. The van der Waals surface area contributed by atoms with Gasteiger partial charge in [-0.1, -0.05) is 0 Å². The predicted molar refractivity (Wildman–Crippen MR) is 185 cm³/mol. The zero-order chi connectivity index (χ0) is 34.1. The Morgan fingerprint density at radius 2 is 1.36 bits per heavy atom. The van der Waals surface area contributed by atoms with Crippen LogP contribution in [0.25, 0.3) is 0 Å². The molecular formula is C27H46B7NO9S. The number of hydrogen-bond acceptors (Lipinski definition) is 9. The Bertz CT molecular complexity index is 1030. The van der Waals surface area contributed by atoms with E-state index < -0.39 is 26.3 Å². The van der Waals surface area contributed by atoms with Gasteiger partial charge in [0.2, 0.25) is 0 Å². The van der Waals surface area contributed by atoms with Crippen molar-refractivity contribution in [3.63, 3.8) is 0 Å². The number of ether oxygens (including phenoxy) is 4. The van der Waals surface area contributed by atoms with Crippen molar-refractivity contribution in [3.8, 4) is 0 Å². The minimum absolute atomic E-state index is 0.00735. The van der Waals surface area contributed by atoms with Crippen molar-refractivity contribution >= 4 is 86.6 Å². The fourth-order valence-corrected chi connectivity index (χ4v) is 5.85. The van der Waals surface area contributed by atoms with Crippen LogP contribution in [0.5, 0.6) is 0 Å². The summed E-state index contributed by atoms with van der Waals surface area (Å²) < 4.78 is 20.8. The molecule has 0 aromatic carbocycles. The van der Waals surface area contributed by atoms with Crippen LogP contribution in [0.15, 0.2) is 0 Å². The minimum atomic E-state index is -2.30. The first-order valence-corrected chi connectivity index (χ1v) is 17.5. The van der Waals surface area contributed by atoms with Crippen LogP contribution in [0, 0.1) is 11.8 Å². The Labute approximate surface area is 276 Å². The molecule has 8 radical (unpaired) electrons. The summed E-state index contributed by atoms with van der Waals surface area (Å²) in [6.45, 7) is 6.09. The quantitative estimate of drug-likeness (QED) is 0.0890. The average Bonchev–Trinajstić information content (AvgIpc) is 3.02. The van der Waals surface area contributed by atoms with Gasteiger partial charge in [-0.25, -0.2) is 0 Å². The van der Waals surface area contributed by atoms with Crippen molar-refractivity contribution in [1.29, 1.82) is 0 Å². The SMILES string of the molecule is [B]B=S(=B[B])(CC(=O)C(CCC(=O)CC)CC(=O)CCC(CCC(=O)COCCOCC)C(=O)NCCOCCOC)B([B])[B]. The number of nitrogens with one attached hydrogen (secondary N) is 1. The third-order valence-corrected chi connectivity index (χ3v) is 10.0. The second-order valence-electron chi connectivity index (χ2n) is 10.6. The van der Waals surface area contributed by atoms with Gasteiger partial charge in [0, 0.05) is 13.7 Å². The van der Waals surface area contributed by atoms with E-state index in [4.69, 9.17) is 49.9 Å². The molecular weight excluding hydrogens is 590 g/mol. The van der Waals surface area contributed by atoms with Crippen LogP contribution in [0.1, 0.15) is 65.2 Å². The Hall–Kier alpha value is -1.21. The number of carbonyl (C=O) groups is 5. The number of carbonyl (C=O) groups excluding carboxylic acids is 5. The molecule has 18 heteroatoms. The van der Waals surface area contributed by atoms with Gasteiger partial charge in [-0.3, -0.25) is 4.79 Å². The normalized spacial score (nSPS) is 12.4. The molecule has 240 valence electrons. The van der Waals surface area contributed by atoms with Crippen LogP contribution in [0.2, 0.25) is 0 Å². The Morgan fingerprint density at radius 3 is 1.93 bits per heavy atom. The van der Waals surface area contributed by atoms with Gasteiger partial charge in [-0.2, -0.15) is 0 Å². The predicted octanol–water partition coefficient (Wildman–Crippen LogP) is 0.000100. The van der Waals surface area contributed by atoms with E-state index in [1.54, 1.807) is 14.0 Å². The van der Waals surface area contributed by atoms with Crippen LogP contribution in [-0.4, -0.2) is 144 Å². The van der Waals surface area contributed by atoms with Gasteiger partial charge in [0.25, 0.3) is 0 Å². The second kappa shape index (κ2) is 26.8. The molecule has 45 heavy (non-hydrogen) atoms. The van der Waals surface area contributed by atoms with E-state index in [0.29, 0.717) is 32.8 Å². The number of hydrogen-bond donors (Lipinski definition) is 1. The van der Waals surface area contributed by atoms with Crippen LogP contribution in [-0.2, 0) is 42.9 Å². The number of methoxy groups -OCH3 is 1. The summed E-state index contributed by atoms with van der Waals surface area (Å²) in [4.78, 5) is 63.9. The van der Waals surface area contributed by atoms with Gasteiger partial charge in [-0.15, -0.1) is 0 Å². The molecule has 0 fully saturated rings. The molecule has 0 saturated carbocycles. The van der Waals surface area contributed by atoms with Gasteiger partial charge >= 0.3 is 194 Å². The molecule has 2 atom stereocenters. The second-order valence-corrected chi connectivity index (χ2v) is 13.8. The van der Waals surface area contributed by atoms with Crippen LogP contribution < -0.4 is 5.32 Å². The molecule has 2 unspecified atom stereocenters. The van der Waals surface area contributed by atoms with Crippen molar-refractivity contribution in [1.82, 2.24) is 5.32 Å². The van der Waals surface area contributed by atoms with Crippen molar-refractivity contribution < 1.29 is 42.9 Å². The third-order valence-electron chi connectivity index (χ3n) is 7.23. The van der Waals surface area contributed by atoms with E-state index in [0.717, 1.165) is 0 Å². The molecule has 0 spiro atoms. The number of Topliss-reactive ketones (excluding diaryl/α,β-unsaturated/α-hetero) is 4. The van der Waals surface area contributed by atoms with Crippen molar-refractivity contribution in [2.45, 2.75) is 65.2 Å². The molecule has 0 aliphatic heterocycles. The van der Waals surface area contributed by atoms with Gasteiger partial charge in [0.15, 0.2) is 0 Å². The van der Waals surface area contributed by atoms with Gasteiger partial charge in [0.05, 0.1) is 33.0 Å². The van der Waals surface area contributed by atoms with Crippen LogP contribution in [0.3, 0.4) is 0 Å². The molecule has 0 bridgehead atoms. The average molecular weight is 636 g/mol. The summed E-state index contributed by atoms with van der Waals surface area (Å²) in [5, 5.41) is 2.80. The summed E-state index contributed by atoms with van der Waals surface area (Å²) in [6, 6.07) is 2.51. The van der Waals surface area contributed by atoms with E-state index in [1.807, 2.05) is 6.92 Å². The zero-order valence-electron chi connectivity index (χ0n) is 27.3. The molecule has 0 rings (SSSR count). The fraction of sp³-hybridized carbons (Fsp3) is 0.815. The number of amides is 1. The standard InChI is InChI=1S/C27H46B7NO9S/c1-4-23(36)9-8-22(26(39)20-45(32-28,33-29)34(30)31)18-24(37)10-6-21(27(40)35-12-13-43-15-14-41-3)7-11-25(38)19-44-17-16-42-5-2/h21-22H,4-20H2,1-3H3,(H,35,40). The molecule has 0 aliphatic rings. The summed E-state index contributed by atoms with van der Waals surface area (Å²) in [7, 11) is 22.6. The Balaban J connectivity index is 5.45. The maximum absolute atomic E-state index is 13.4. The summed E-state index contributed by atoms with van der Waals surface area (Å²) in [5.41, 5.74) is 0. The van der Waals surface area contributed by atoms with E-state index in [1.165, 1.54) is 12.1 Å². The molecule has 0 aliphatic carbocycles. The van der Waals surface area contributed by atoms with Crippen molar-refractivity contribution in [2.24, 2.45) is 11.8 Å². The van der Waals surface area contributed by atoms with E-state index >= 15 is 0 Å². The third kappa shape index (κ3) is 19.9. The van der Waals surface area contributed by atoms with Gasteiger partial charge < -0.3 is 18.9 Å². The summed E-state index contributed by atoms with van der Waals surface area (Å²) in [6.07, 6.45) is 1.04. The molecule has 1 N–H and O–H groups in total. The topological polar surface area (TPSA) is 134 Å². The van der Waals surface area contributed by atoms with Crippen molar-refractivity contribution in [2.75, 3.05) is 65.7 Å². The summed E-state index contributed by atoms with van der Waals surface area (Å²) in [5.74, 6) is -3.52. The first-order valence-electron chi connectivity index (χ1n) is 15.5.